The van der Waals surface area contributed by atoms with E-state index in [1.807, 2.05) is 0 Å². The molecule has 2 rings (SSSR count). The Morgan fingerprint density at radius 3 is 3.12 bits per heavy atom. The lowest BCUT2D eigenvalue weighted by molar-refractivity contribution is 0.284. The van der Waals surface area contributed by atoms with E-state index < -0.39 is 0 Å². The quantitative estimate of drug-likeness (QED) is 0.880. The molecule has 1 aromatic heterocycles. The van der Waals surface area contributed by atoms with Crippen LogP contribution in [0.4, 0.5) is 5.13 Å². The normalized spacial score (nSPS) is 23.2. The lowest BCUT2D eigenvalue weighted by atomic mass is 10.0. The van der Waals surface area contributed by atoms with E-state index in [0.29, 0.717) is 5.13 Å². The standard InChI is InChI=1S/C12H21N3S/c1-10-3-2-6-15(7-4-10)8-5-11-9-16-12(13)14-11/h9-10H,2-8H2,1H3,(H2,13,14). The Balaban J connectivity index is 1.77. The van der Waals surface area contributed by atoms with Crippen LogP contribution in [0.1, 0.15) is 31.9 Å². The fraction of sp³-hybridized carbons (Fsp3) is 0.750. The van der Waals surface area contributed by atoms with Crippen molar-refractivity contribution < 1.29 is 0 Å². The van der Waals surface area contributed by atoms with Gasteiger partial charge >= 0.3 is 0 Å². The van der Waals surface area contributed by atoms with Crippen molar-refractivity contribution in [3.8, 4) is 0 Å². The Hall–Kier alpha value is -0.610. The molecule has 1 aliphatic rings. The first kappa shape index (κ1) is 11.9. The number of rotatable bonds is 3. The largest absolute Gasteiger partial charge is 0.375 e. The highest BCUT2D eigenvalue weighted by atomic mass is 32.1. The van der Waals surface area contributed by atoms with E-state index in [9.17, 15) is 0 Å². The second-order valence-corrected chi connectivity index (χ2v) is 5.69. The average molecular weight is 239 g/mol. The van der Waals surface area contributed by atoms with Gasteiger partial charge in [0.1, 0.15) is 0 Å². The summed E-state index contributed by atoms with van der Waals surface area (Å²) in [6.07, 6.45) is 5.13. The molecule has 0 aliphatic carbocycles. The van der Waals surface area contributed by atoms with Gasteiger partial charge in [-0.25, -0.2) is 4.98 Å². The molecule has 2 heterocycles. The van der Waals surface area contributed by atoms with Crippen molar-refractivity contribution in [3.63, 3.8) is 0 Å². The predicted octanol–water partition coefficient (Wildman–Crippen LogP) is 2.39. The van der Waals surface area contributed by atoms with Crippen LogP contribution in [0.2, 0.25) is 0 Å². The zero-order valence-corrected chi connectivity index (χ0v) is 10.8. The Kier molecular flexibility index (Phi) is 4.18. The van der Waals surface area contributed by atoms with Crippen LogP contribution in [0, 0.1) is 5.92 Å². The maximum absolute atomic E-state index is 5.62. The molecule has 0 aromatic carbocycles. The average Bonchev–Trinajstić information content (AvgIpc) is 2.56. The molecule has 1 unspecified atom stereocenters. The highest BCUT2D eigenvalue weighted by molar-refractivity contribution is 7.13. The molecule has 1 aromatic rings. The highest BCUT2D eigenvalue weighted by Crippen LogP contribution is 2.17. The second kappa shape index (κ2) is 5.64. The smallest absolute Gasteiger partial charge is 0.180 e. The molecule has 0 bridgehead atoms. The minimum atomic E-state index is 0.694. The van der Waals surface area contributed by atoms with Crippen molar-refractivity contribution in [2.75, 3.05) is 25.4 Å². The molecule has 1 aliphatic heterocycles. The number of hydrogen-bond acceptors (Lipinski definition) is 4. The molecule has 0 radical (unpaired) electrons. The van der Waals surface area contributed by atoms with Crippen molar-refractivity contribution in [1.82, 2.24) is 9.88 Å². The van der Waals surface area contributed by atoms with Gasteiger partial charge in [0.15, 0.2) is 5.13 Å². The van der Waals surface area contributed by atoms with E-state index in [0.717, 1.165) is 24.6 Å². The summed E-state index contributed by atoms with van der Waals surface area (Å²) in [4.78, 5) is 6.87. The summed E-state index contributed by atoms with van der Waals surface area (Å²) in [5.74, 6) is 0.903. The Morgan fingerprint density at radius 2 is 2.38 bits per heavy atom. The van der Waals surface area contributed by atoms with Crippen LogP contribution < -0.4 is 5.73 Å². The van der Waals surface area contributed by atoms with Gasteiger partial charge in [0, 0.05) is 18.3 Å². The van der Waals surface area contributed by atoms with E-state index in [2.05, 4.69) is 22.2 Å². The first-order valence-electron chi connectivity index (χ1n) is 6.16. The fourth-order valence-corrected chi connectivity index (χ4v) is 2.85. The number of nitrogens with two attached hydrogens (primary N) is 1. The number of thiazole rings is 1. The molecule has 1 fully saturated rings. The van der Waals surface area contributed by atoms with Gasteiger partial charge in [-0.1, -0.05) is 6.92 Å². The summed E-state index contributed by atoms with van der Waals surface area (Å²) in [5.41, 5.74) is 6.78. The van der Waals surface area contributed by atoms with Crippen molar-refractivity contribution in [2.24, 2.45) is 5.92 Å². The van der Waals surface area contributed by atoms with E-state index in [1.54, 1.807) is 11.3 Å². The molecule has 1 atom stereocenters. The van der Waals surface area contributed by atoms with E-state index in [-0.39, 0.29) is 0 Å². The fourth-order valence-electron chi connectivity index (χ4n) is 2.26. The van der Waals surface area contributed by atoms with Gasteiger partial charge in [-0.05, 0) is 38.3 Å². The third-order valence-corrected chi connectivity index (χ3v) is 4.09. The first-order valence-corrected chi connectivity index (χ1v) is 7.04. The maximum Gasteiger partial charge on any atom is 0.180 e. The monoisotopic (exact) mass is 239 g/mol. The Morgan fingerprint density at radius 1 is 1.50 bits per heavy atom. The van der Waals surface area contributed by atoms with Crippen molar-refractivity contribution in [2.45, 2.75) is 32.6 Å². The minimum absolute atomic E-state index is 0.694. The zero-order valence-electron chi connectivity index (χ0n) is 9.98. The molecule has 0 amide bonds. The SMILES string of the molecule is CC1CCCN(CCc2csc(N)n2)CC1. The van der Waals surface area contributed by atoms with Crippen LogP contribution in [-0.2, 0) is 6.42 Å². The van der Waals surface area contributed by atoms with Crippen LogP contribution in [0.25, 0.3) is 0 Å². The van der Waals surface area contributed by atoms with Gasteiger partial charge in [-0.2, -0.15) is 0 Å². The van der Waals surface area contributed by atoms with Crippen LogP contribution in [0.5, 0.6) is 0 Å². The summed E-state index contributed by atoms with van der Waals surface area (Å²) in [7, 11) is 0. The summed E-state index contributed by atoms with van der Waals surface area (Å²) in [6.45, 7) is 6.01. The van der Waals surface area contributed by atoms with Gasteiger partial charge < -0.3 is 10.6 Å². The lowest BCUT2D eigenvalue weighted by Gasteiger charge is -2.19. The third-order valence-electron chi connectivity index (χ3n) is 3.36. The van der Waals surface area contributed by atoms with Gasteiger partial charge in [0.2, 0.25) is 0 Å². The van der Waals surface area contributed by atoms with Crippen molar-refractivity contribution >= 4 is 16.5 Å². The molecule has 0 saturated carbocycles. The number of aromatic nitrogens is 1. The summed E-state index contributed by atoms with van der Waals surface area (Å²) >= 11 is 1.54. The van der Waals surface area contributed by atoms with Crippen LogP contribution in [0.15, 0.2) is 5.38 Å². The van der Waals surface area contributed by atoms with Crippen molar-refractivity contribution in [3.05, 3.63) is 11.1 Å². The number of hydrogen-bond donors (Lipinski definition) is 1. The molecule has 1 saturated heterocycles. The molecule has 2 N–H and O–H groups in total. The van der Waals surface area contributed by atoms with Crippen LogP contribution in [-0.4, -0.2) is 29.5 Å². The predicted molar refractivity (Wildman–Crippen MR) is 69.7 cm³/mol. The first-order chi connectivity index (χ1) is 7.74. The summed E-state index contributed by atoms with van der Waals surface area (Å²) in [6, 6.07) is 0. The molecule has 0 spiro atoms. The maximum atomic E-state index is 5.62. The number of anilines is 1. The lowest BCUT2D eigenvalue weighted by Crippen LogP contribution is -2.27. The molecule has 90 valence electrons. The van der Waals surface area contributed by atoms with E-state index >= 15 is 0 Å². The Bertz CT molecular complexity index is 324. The van der Waals surface area contributed by atoms with E-state index in [4.69, 9.17) is 5.73 Å². The summed E-state index contributed by atoms with van der Waals surface area (Å²) in [5, 5.41) is 2.77. The molecule has 16 heavy (non-hydrogen) atoms. The number of likely N-dealkylation sites (tertiary alicyclic amines) is 1. The van der Waals surface area contributed by atoms with Crippen molar-refractivity contribution in [1.29, 1.82) is 0 Å². The second-order valence-electron chi connectivity index (χ2n) is 4.80. The highest BCUT2D eigenvalue weighted by Gasteiger charge is 2.13. The van der Waals surface area contributed by atoms with Gasteiger partial charge in [-0.15, -0.1) is 11.3 Å². The van der Waals surface area contributed by atoms with Crippen LogP contribution >= 0.6 is 11.3 Å². The topological polar surface area (TPSA) is 42.1 Å². The van der Waals surface area contributed by atoms with Gasteiger partial charge in [0.05, 0.1) is 5.69 Å². The Labute approximate surface area is 102 Å². The zero-order chi connectivity index (χ0) is 11.4. The van der Waals surface area contributed by atoms with E-state index in [1.165, 1.54) is 32.4 Å². The molecule has 3 nitrogen and oxygen atoms in total. The minimum Gasteiger partial charge on any atom is -0.375 e. The van der Waals surface area contributed by atoms with Gasteiger partial charge in [-0.3, -0.25) is 0 Å². The number of nitrogen functional groups attached to an aromatic ring is 1. The summed E-state index contributed by atoms with van der Waals surface area (Å²) < 4.78 is 0. The van der Waals surface area contributed by atoms with Crippen LogP contribution in [0.3, 0.4) is 0 Å². The van der Waals surface area contributed by atoms with Gasteiger partial charge in [0.25, 0.3) is 0 Å². The number of nitrogens with zero attached hydrogens (tertiary/aromatic N) is 2. The third kappa shape index (κ3) is 3.46. The molecular formula is C12H21N3S. The molecule has 4 heteroatoms. The molecular weight excluding hydrogens is 218 g/mol.